The van der Waals surface area contributed by atoms with Gasteiger partial charge < -0.3 is 5.11 Å². The fraction of sp³-hybridized carbons (Fsp3) is 0.300. The summed E-state index contributed by atoms with van der Waals surface area (Å²) in [6.07, 6.45) is 1.17. The number of nitrogens with one attached hydrogen (secondary N) is 1. The van der Waals surface area contributed by atoms with Crippen LogP contribution in [0.25, 0.3) is 0 Å². The number of rotatable bonds is 3. The Bertz CT molecular complexity index is 466. The van der Waals surface area contributed by atoms with Gasteiger partial charge >= 0.3 is 0 Å². The fourth-order valence-corrected chi connectivity index (χ4v) is 1.90. The molecule has 1 atom stereocenters. The van der Waals surface area contributed by atoms with Gasteiger partial charge in [-0.05, 0) is 37.7 Å². The molecule has 0 spiro atoms. The zero-order valence-corrected chi connectivity index (χ0v) is 9.82. The number of aryl methyl sites for hydroxylation is 1. The largest absolute Gasteiger partial charge is 0.387 e. The number of aromatic nitrogens is 4. The zero-order valence-electron chi connectivity index (χ0n) is 9.01. The highest BCUT2D eigenvalue weighted by molar-refractivity contribution is 7.99. The van der Waals surface area contributed by atoms with Crippen LogP contribution in [0.2, 0.25) is 0 Å². The molecule has 6 heteroatoms. The van der Waals surface area contributed by atoms with Gasteiger partial charge in [0.2, 0.25) is 5.16 Å². The van der Waals surface area contributed by atoms with Gasteiger partial charge in [0.05, 0.1) is 11.8 Å². The first-order valence-corrected chi connectivity index (χ1v) is 5.67. The molecule has 0 radical (unpaired) electrons. The number of hydrogen-bond donors (Lipinski definition) is 2. The Morgan fingerprint density at radius 2 is 2.25 bits per heavy atom. The maximum atomic E-state index is 9.31. The molecule has 84 valence electrons. The van der Waals surface area contributed by atoms with Crippen molar-refractivity contribution in [3.05, 3.63) is 29.8 Å². The van der Waals surface area contributed by atoms with Crippen molar-refractivity contribution in [2.24, 2.45) is 0 Å². The first-order chi connectivity index (χ1) is 7.65. The van der Waals surface area contributed by atoms with Crippen molar-refractivity contribution >= 4 is 11.8 Å². The topological polar surface area (TPSA) is 74.7 Å². The molecule has 5 nitrogen and oxygen atoms in total. The summed E-state index contributed by atoms with van der Waals surface area (Å²) in [5, 5.41) is 16.8. The first-order valence-electron chi connectivity index (χ1n) is 4.86. The van der Waals surface area contributed by atoms with Gasteiger partial charge in [-0.2, -0.15) is 0 Å². The highest BCUT2D eigenvalue weighted by Crippen LogP contribution is 2.24. The summed E-state index contributed by atoms with van der Waals surface area (Å²) in [6.45, 7) is 3.54. The van der Waals surface area contributed by atoms with Crippen LogP contribution < -0.4 is 0 Å². The average molecular weight is 236 g/mol. The Morgan fingerprint density at radius 3 is 2.75 bits per heavy atom. The predicted molar refractivity (Wildman–Crippen MR) is 60.1 cm³/mol. The third-order valence-electron chi connectivity index (χ3n) is 1.97. The molecule has 0 aliphatic carbocycles. The van der Waals surface area contributed by atoms with Gasteiger partial charge in [-0.1, -0.05) is 0 Å². The maximum Gasteiger partial charge on any atom is 0.213 e. The lowest BCUT2D eigenvalue weighted by atomic mass is 10.2. The van der Waals surface area contributed by atoms with Crippen molar-refractivity contribution in [3.8, 4) is 0 Å². The number of pyridine rings is 1. The lowest BCUT2D eigenvalue weighted by Gasteiger charge is -2.03. The van der Waals surface area contributed by atoms with E-state index in [1.807, 2.05) is 13.0 Å². The van der Waals surface area contributed by atoms with Crippen LogP contribution in [-0.2, 0) is 0 Å². The van der Waals surface area contributed by atoms with E-state index in [2.05, 4.69) is 20.2 Å². The average Bonchev–Trinajstić information content (AvgIpc) is 2.65. The van der Waals surface area contributed by atoms with Crippen LogP contribution in [0.15, 0.2) is 28.4 Å². The second-order valence-electron chi connectivity index (χ2n) is 3.40. The second kappa shape index (κ2) is 4.63. The van der Waals surface area contributed by atoms with Gasteiger partial charge in [-0.15, -0.1) is 5.10 Å². The molecule has 0 amide bonds. The summed E-state index contributed by atoms with van der Waals surface area (Å²) in [4.78, 5) is 9.27. The third kappa shape index (κ3) is 2.59. The van der Waals surface area contributed by atoms with Crippen molar-refractivity contribution in [1.29, 1.82) is 0 Å². The van der Waals surface area contributed by atoms with Crippen LogP contribution >= 0.6 is 11.8 Å². The van der Waals surface area contributed by atoms with Gasteiger partial charge in [0.1, 0.15) is 5.82 Å². The lowest BCUT2D eigenvalue weighted by Crippen LogP contribution is -1.94. The minimum atomic E-state index is -0.537. The lowest BCUT2D eigenvalue weighted by molar-refractivity contribution is 0.194. The molecule has 2 N–H and O–H groups in total. The highest BCUT2D eigenvalue weighted by Gasteiger charge is 2.05. The molecule has 0 fully saturated rings. The molecular formula is C10H12N4OS. The van der Waals surface area contributed by atoms with Gasteiger partial charge in [-0.25, -0.2) is 4.98 Å². The van der Waals surface area contributed by atoms with E-state index in [4.69, 9.17) is 0 Å². The molecule has 0 saturated carbocycles. The van der Waals surface area contributed by atoms with E-state index in [0.717, 1.165) is 10.7 Å². The Labute approximate surface area is 97.3 Å². The van der Waals surface area contributed by atoms with Crippen LogP contribution in [0, 0.1) is 6.92 Å². The molecule has 0 unspecified atom stereocenters. The number of aliphatic hydroxyl groups excluding tert-OH is 1. The van der Waals surface area contributed by atoms with Crippen molar-refractivity contribution < 1.29 is 5.11 Å². The van der Waals surface area contributed by atoms with Crippen LogP contribution in [0.1, 0.15) is 24.5 Å². The van der Waals surface area contributed by atoms with E-state index in [1.54, 1.807) is 19.2 Å². The molecule has 0 saturated heterocycles. The summed E-state index contributed by atoms with van der Waals surface area (Å²) < 4.78 is 0. The first kappa shape index (κ1) is 11.1. The van der Waals surface area contributed by atoms with E-state index in [1.165, 1.54) is 11.8 Å². The van der Waals surface area contributed by atoms with Gasteiger partial charge in [0.15, 0.2) is 0 Å². The van der Waals surface area contributed by atoms with Crippen LogP contribution in [0.4, 0.5) is 0 Å². The van der Waals surface area contributed by atoms with E-state index in [0.29, 0.717) is 10.9 Å². The summed E-state index contributed by atoms with van der Waals surface area (Å²) >= 11 is 1.43. The smallest absolute Gasteiger partial charge is 0.213 e. The normalized spacial score (nSPS) is 12.7. The van der Waals surface area contributed by atoms with Crippen molar-refractivity contribution in [3.63, 3.8) is 0 Å². The van der Waals surface area contributed by atoms with E-state index in [9.17, 15) is 5.11 Å². The number of aliphatic hydroxyl groups is 1. The Morgan fingerprint density at radius 1 is 1.44 bits per heavy atom. The maximum absolute atomic E-state index is 9.31. The van der Waals surface area contributed by atoms with E-state index >= 15 is 0 Å². The molecule has 2 heterocycles. The molecule has 0 aliphatic heterocycles. The fourth-order valence-electron chi connectivity index (χ4n) is 1.17. The van der Waals surface area contributed by atoms with E-state index in [-0.39, 0.29) is 0 Å². The predicted octanol–water partition coefficient (Wildman–Crippen LogP) is 1.71. The Balaban J connectivity index is 2.11. The number of nitrogens with zero attached hydrogens (tertiary/aromatic N) is 3. The van der Waals surface area contributed by atoms with E-state index < -0.39 is 6.10 Å². The summed E-state index contributed by atoms with van der Waals surface area (Å²) in [7, 11) is 0. The van der Waals surface area contributed by atoms with Crippen molar-refractivity contribution in [2.75, 3.05) is 0 Å². The zero-order chi connectivity index (χ0) is 11.5. The quantitative estimate of drug-likeness (QED) is 0.848. The molecule has 16 heavy (non-hydrogen) atoms. The molecule has 0 aromatic carbocycles. The van der Waals surface area contributed by atoms with Crippen molar-refractivity contribution in [1.82, 2.24) is 20.2 Å². The SMILES string of the molecule is Cc1nc(Sc2ccc([C@@H](C)O)nc2)n[nH]1. The van der Waals surface area contributed by atoms with Crippen molar-refractivity contribution in [2.45, 2.75) is 30.0 Å². The number of aromatic amines is 1. The Hall–Kier alpha value is -1.40. The third-order valence-corrected chi connectivity index (χ3v) is 2.82. The molecule has 2 aromatic heterocycles. The van der Waals surface area contributed by atoms with Crippen LogP contribution in [-0.4, -0.2) is 25.3 Å². The summed E-state index contributed by atoms with van der Waals surface area (Å²) in [6, 6.07) is 3.69. The molecule has 2 aromatic rings. The van der Waals surface area contributed by atoms with Gasteiger partial charge in [0, 0.05) is 11.1 Å². The van der Waals surface area contributed by atoms with Gasteiger partial charge in [0.25, 0.3) is 0 Å². The summed E-state index contributed by atoms with van der Waals surface area (Å²) in [5.41, 5.74) is 0.663. The van der Waals surface area contributed by atoms with Crippen LogP contribution in [0.3, 0.4) is 0 Å². The number of H-pyrrole nitrogens is 1. The number of hydrogen-bond acceptors (Lipinski definition) is 5. The minimum Gasteiger partial charge on any atom is -0.387 e. The highest BCUT2D eigenvalue weighted by atomic mass is 32.2. The standard InChI is InChI=1S/C10H12N4OS/c1-6(15)9-4-3-8(5-11-9)16-10-12-7(2)13-14-10/h3-6,15H,1-2H3,(H,12,13,14)/t6-/m1/s1. The van der Waals surface area contributed by atoms with Gasteiger partial charge in [-0.3, -0.25) is 10.1 Å². The molecular weight excluding hydrogens is 224 g/mol. The van der Waals surface area contributed by atoms with Crippen LogP contribution in [0.5, 0.6) is 0 Å². The summed E-state index contributed by atoms with van der Waals surface area (Å²) in [5.74, 6) is 0.788. The minimum absolute atomic E-state index is 0.537. The second-order valence-corrected chi connectivity index (χ2v) is 4.44. The Kier molecular flexibility index (Phi) is 3.21. The molecule has 0 aliphatic rings. The molecule has 0 bridgehead atoms. The monoisotopic (exact) mass is 236 g/mol. The molecule has 2 rings (SSSR count).